The Balaban J connectivity index is 1.97. The van der Waals surface area contributed by atoms with Gasteiger partial charge in [-0.2, -0.15) is 0 Å². The van der Waals surface area contributed by atoms with Crippen LogP contribution >= 0.6 is 0 Å². The summed E-state index contributed by atoms with van der Waals surface area (Å²) in [7, 11) is 0. The van der Waals surface area contributed by atoms with Gasteiger partial charge in [-0.05, 0) is 18.4 Å². The molecule has 1 aromatic rings. The highest BCUT2D eigenvalue weighted by molar-refractivity contribution is 5.73. The highest BCUT2D eigenvalue weighted by Gasteiger charge is 2.55. The highest BCUT2D eigenvalue weighted by atomic mass is 16.7. The van der Waals surface area contributed by atoms with Gasteiger partial charge in [0.15, 0.2) is 0 Å². The van der Waals surface area contributed by atoms with Gasteiger partial charge in [-0.1, -0.05) is 36.8 Å². The third-order valence-electron chi connectivity index (χ3n) is 4.02. The lowest BCUT2D eigenvalue weighted by Crippen LogP contribution is -2.44. The predicted molar refractivity (Wildman–Crippen MR) is 62.2 cm³/mol. The Kier molecular flexibility index (Phi) is 2.44. The molecule has 0 aromatic heterocycles. The van der Waals surface area contributed by atoms with E-state index in [9.17, 15) is 9.90 Å². The maximum atomic E-state index is 11.4. The molecule has 1 N–H and O–H groups in total. The van der Waals surface area contributed by atoms with Crippen LogP contribution in [0.25, 0.3) is 0 Å². The standard InChI is InChI=1S/C14H16O3/c15-13-9-11-7-4-8-12(14(11,16)17-13)10-5-2-1-3-6-10/h1-3,5-6,11-12,16H,4,7-9H2/t11-,12+,14+/m0/s1. The largest absolute Gasteiger partial charge is 0.432 e. The Morgan fingerprint density at radius 1 is 1.24 bits per heavy atom. The Labute approximate surface area is 100 Å². The summed E-state index contributed by atoms with van der Waals surface area (Å²) in [5, 5.41) is 10.7. The quantitative estimate of drug-likeness (QED) is 0.755. The zero-order valence-electron chi connectivity index (χ0n) is 9.63. The molecular formula is C14H16O3. The number of hydrogen-bond acceptors (Lipinski definition) is 3. The van der Waals surface area contributed by atoms with Gasteiger partial charge in [0.05, 0.1) is 6.42 Å². The van der Waals surface area contributed by atoms with Crippen LogP contribution in [0.4, 0.5) is 0 Å². The molecule has 3 nitrogen and oxygen atoms in total. The van der Waals surface area contributed by atoms with Crippen LogP contribution in [-0.2, 0) is 9.53 Å². The lowest BCUT2D eigenvalue weighted by atomic mass is 9.73. The van der Waals surface area contributed by atoms with E-state index in [2.05, 4.69) is 0 Å². The van der Waals surface area contributed by atoms with Crippen molar-refractivity contribution in [1.29, 1.82) is 0 Å². The molecule has 3 atom stereocenters. The molecule has 1 aromatic carbocycles. The first-order chi connectivity index (χ1) is 8.20. The van der Waals surface area contributed by atoms with Crippen molar-refractivity contribution in [3.8, 4) is 0 Å². The van der Waals surface area contributed by atoms with Crippen LogP contribution in [-0.4, -0.2) is 16.9 Å². The Bertz CT molecular complexity index is 428. The van der Waals surface area contributed by atoms with E-state index in [0.717, 1.165) is 24.8 Å². The monoisotopic (exact) mass is 232 g/mol. The molecular weight excluding hydrogens is 216 g/mol. The summed E-state index contributed by atoms with van der Waals surface area (Å²) in [5.74, 6) is -1.64. The molecule has 0 unspecified atom stereocenters. The highest BCUT2D eigenvalue weighted by Crippen LogP contribution is 2.49. The van der Waals surface area contributed by atoms with Crippen LogP contribution in [0.5, 0.6) is 0 Å². The van der Waals surface area contributed by atoms with Crippen molar-refractivity contribution in [2.45, 2.75) is 37.4 Å². The first kappa shape index (κ1) is 10.8. The second-order valence-corrected chi connectivity index (χ2v) is 5.02. The molecule has 1 aliphatic carbocycles. The van der Waals surface area contributed by atoms with Crippen molar-refractivity contribution in [3.63, 3.8) is 0 Å². The zero-order valence-corrected chi connectivity index (χ0v) is 9.63. The minimum Gasteiger partial charge on any atom is -0.432 e. The molecule has 1 saturated carbocycles. The van der Waals surface area contributed by atoms with E-state index in [4.69, 9.17) is 4.74 Å². The van der Waals surface area contributed by atoms with Gasteiger partial charge in [0.25, 0.3) is 0 Å². The summed E-state index contributed by atoms with van der Waals surface area (Å²) >= 11 is 0. The number of rotatable bonds is 1. The maximum Gasteiger partial charge on any atom is 0.308 e. The number of benzene rings is 1. The number of ether oxygens (including phenoxy) is 1. The van der Waals surface area contributed by atoms with Crippen molar-refractivity contribution < 1.29 is 14.6 Å². The smallest absolute Gasteiger partial charge is 0.308 e. The second kappa shape index (κ2) is 3.84. The number of hydrogen-bond donors (Lipinski definition) is 1. The number of aliphatic hydroxyl groups is 1. The number of carbonyl (C=O) groups is 1. The summed E-state index contributed by atoms with van der Waals surface area (Å²) in [6.45, 7) is 0. The second-order valence-electron chi connectivity index (χ2n) is 5.02. The van der Waals surface area contributed by atoms with Crippen LogP contribution in [0.3, 0.4) is 0 Å². The number of fused-ring (bicyclic) bond motifs is 1. The van der Waals surface area contributed by atoms with Crippen LogP contribution in [0.1, 0.15) is 37.2 Å². The molecule has 90 valence electrons. The van der Waals surface area contributed by atoms with Crippen molar-refractivity contribution in [2.75, 3.05) is 0 Å². The summed E-state index contributed by atoms with van der Waals surface area (Å²) < 4.78 is 5.24. The van der Waals surface area contributed by atoms with Crippen molar-refractivity contribution in [1.82, 2.24) is 0 Å². The van der Waals surface area contributed by atoms with Gasteiger partial charge in [-0.15, -0.1) is 0 Å². The summed E-state index contributed by atoms with van der Waals surface area (Å²) in [5.41, 5.74) is 1.06. The molecule has 0 amide bonds. The van der Waals surface area contributed by atoms with Gasteiger partial charge in [0.1, 0.15) is 0 Å². The minimum atomic E-state index is -1.27. The molecule has 1 aliphatic heterocycles. The molecule has 0 spiro atoms. The fourth-order valence-electron chi connectivity index (χ4n) is 3.19. The van der Waals surface area contributed by atoms with Crippen LogP contribution in [0.15, 0.2) is 30.3 Å². The number of esters is 1. The predicted octanol–water partition coefficient (Wildman–Crippen LogP) is 2.21. The number of carbonyl (C=O) groups excluding carboxylic acids is 1. The summed E-state index contributed by atoms with van der Waals surface area (Å²) in [6, 6.07) is 9.86. The Hall–Kier alpha value is -1.35. The van der Waals surface area contributed by atoms with E-state index in [-0.39, 0.29) is 17.8 Å². The molecule has 17 heavy (non-hydrogen) atoms. The van der Waals surface area contributed by atoms with Gasteiger partial charge in [-0.3, -0.25) is 4.79 Å². The first-order valence-corrected chi connectivity index (χ1v) is 6.19. The maximum absolute atomic E-state index is 11.4. The molecule has 2 aliphatic rings. The van der Waals surface area contributed by atoms with E-state index in [0.29, 0.717) is 6.42 Å². The third-order valence-corrected chi connectivity index (χ3v) is 4.02. The topological polar surface area (TPSA) is 46.5 Å². The van der Waals surface area contributed by atoms with E-state index in [1.54, 1.807) is 0 Å². The molecule has 0 radical (unpaired) electrons. The zero-order chi connectivity index (χ0) is 11.9. The van der Waals surface area contributed by atoms with E-state index in [1.165, 1.54) is 0 Å². The fourth-order valence-corrected chi connectivity index (χ4v) is 3.19. The van der Waals surface area contributed by atoms with Crippen LogP contribution in [0.2, 0.25) is 0 Å². The summed E-state index contributed by atoms with van der Waals surface area (Å²) in [4.78, 5) is 11.4. The van der Waals surface area contributed by atoms with Gasteiger partial charge in [0.2, 0.25) is 5.79 Å². The van der Waals surface area contributed by atoms with Gasteiger partial charge in [0, 0.05) is 11.8 Å². The molecule has 1 heterocycles. The Morgan fingerprint density at radius 2 is 2.00 bits per heavy atom. The molecule has 0 bridgehead atoms. The first-order valence-electron chi connectivity index (χ1n) is 6.19. The van der Waals surface area contributed by atoms with Crippen molar-refractivity contribution in [3.05, 3.63) is 35.9 Å². The van der Waals surface area contributed by atoms with Crippen LogP contribution in [0, 0.1) is 5.92 Å². The summed E-state index contributed by atoms with van der Waals surface area (Å²) in [6.07, 6.45) is 3.17. The lowest BCUT2D eigenvalue weighted by molar-refractivity contribution is -0.221. The van der Waals surface area contributed by atoms with Crippen LogP contribution < -0.4 is 0 Å². The molecule has 1 saturated heterocycles. The SMILES string of the molecule is O=C1C[C@@H]2CCC[C@H](c3ccccc3)[C@]2(O)O1. The molecule has 2 fully saturated rings. The third kappa shape index (κ3) is 1.65. The van der Waals surface area contributed by atoms with Crippen molar-refractivity contribution in [2.24, 2.45) is 5.92 Å². The average Bonchev–Trinajstić information content (AvgIpc) is 2.63. The minimum absolute atomic E-state index is 0.0334. The molecule has 3 heteroatoms. The van der Waals surface area contributed by atoms with Gasteiger partial charge >= 0.3 is 5.97 Å². The Morgan fingerprint density at radius 3 is 2.76 bits per heavy atom. The lowest BCUT2D eigenvalue weighted by Gasteiger charge is -2.39. The molecule has 3 rings (SSSR count). The van der Waals surface area contributed by atoms with E-state index < -0.39 is 5.79 Å². The average molecular weight is 232 g/mol. The van der Waals surface area contributed by atoms with Gasteiger partial charge in [-0.25, -0.2) is 0 Å². The van der Waals surface area contributed by atoms with Crippen molar-refractivity contribution >= 4 is 5.97 Å². The van der Waals surface area contributed by atoms with E-state index in [1.807, 2.05) is 30.3 Å². The van der Waals surface area contributed by atoms with E-state index >= 15 is 0 Å². The normalized spacial score (nSPS) is 36.4. The fraction of sp³-hybridized carbons (Fsp3) is 0.500. The van der Waals surface area contributed by atoms with Gasteiger partial charge < -0.3 is 9.84 Å².